The predicted octanol–water partition coefficient (Wildman–Crippen LogP) is 1.51. The van der Waals surface area contributed by atoms with Crippen LogP contribution in [0.15, 0.2) is 70.1 Å². The number of amides is 2. The van der Waals surface area contributed by atoms with Crippen molar-refractivity contribution in [2.45, 2.75) is 156 Å². The van der Waals surface area contributed by atoms with Gasteiger partial charge in [-0.05, 0) is 133 Å². The molecule has 2 aliphatic heterocycles. The Bertz CT molecular complexity index is 2750. The number of unbranched alkanes of at least 4 members (excludes halogenated alkanes) is 6. The van der Waals surface area contributed by atoms with Gasteiger partial charge in [0.25, 0.3) is 0 Å². The molecule has 0 fully saturated rings. The van der Waals surface area contributed by atoms with Crippen LogP contribution in [0, 0.1) is 0 Å². The quantitative estimate of drug-likeness (QED) is 0.0117. The molecular weight excluding hydrogens is 1230 g/mol. The number of carboxylic acid groups (broad SMARTS) is 6. The third-order valence-electron chi connectivity index (χ3n) is 14.9. The van der Waals surface area contributed by atoms with Crippen LogP contribution in [0.4, 0.5) is 11.4 Å². The van der Waals surface area contributed by atoms with Crippen molar-refractivity contribution in [3.05, 3.63) is 71.5 Å². The molecule has 0 aliphatic carbocycles. The molecule has 0 aromatic heterocycles. The smallest absolute Gasteiger partial charge is 0.320 e. The monoisotopic (exact) mass is 1300 g/mol. The average molecular weight is 1310 g/mol. The number of fused-ring (bicyclic) bond motifs is 2. The molecule has 2 aliphatic rings. The van der Waals surface area contributed by atoms with E-state index in [1.165, 1.54) is 12.1 Å². The number of nitrogens with one attached hydrogen (secondary N) is 3. The van der Waals surface area contributed by atoms with Gasteiger partial charge in [0.2, 0.25) is 11.8 Å². The molecular formula is C55H76N6Ni2O19S2-2. The summed E-state index contributed by atoms with van der Waals surface area (Å²) in [6, 6.07) is 7.18. The molecule has 0 spiro atoms. The SMILES string of the molecule is CC1(C)/C(=C\C=C\C2[NH+](CCCCCC(=O)NCCCCC(C(=O)O)N(CC(=O)[O-])CC(=O)O)c3ccc(S(=O)(=O)[O-])cc3C2(C)C)N(CCCCCC(=O)NCCCCC(C(=O)O)N(CC(=O)O)CC(=O)O)c2ccc(SO[O-])cc21.[Ni].[Ni]. The number of benzene rings is 2. The fraction of sp³-hybridized carbons (Fsp3) is 0.564. The Labute approximate surface area is 513 Å². The van der Waals surface area contributed by atoms with Crippen molar-refractivity contribution in [2.24, 2.45) is 0 Å². The van der Waals surface area contributed by atoms with E-state index in [-0.39, 0.29) is 101 Å². The van der Waals surface area contributed by atoms with Crippen molar-refractivity contribution in [1.82, 2.24) is 20.4 Å². The maximum Gasteiger partial charge on any atom is 0.320 e. The summed E-state index contributed by atoms with van der Waals surface area (Å²) in [6.07, 6.45) is 11.7. The second-order valence-corrected chi connectivity index (χ2v) is 23.7. The molecule has 8 N–H and O–H groups in total. The number of rotatable bonds is 39. The van der Waals surface area contributed by atoms with Crippen molar-refractivity contribution in [3.8, 4) is 0 Å². The molecule has 2 heterocycles. The van der Waals surface area contributed by atoms with Crippen molar-refractivity contribution >= 4 is 81.2 Å². The molecule has 2 amide bonds. The number of aliphatic carboxylic acids is 6. The van der Waals surface area contributed by atoms with Gasteiger partial charge in [-0.15, -0.1) is 0 Å². The molecule has 0 saturated carbocycles. The third kappa shape index (κ3) is 22.4. The molecule has 474 valence electrons. The number of carboxylic acids is 6. The molecule has 4 rings (SSSR count). The Morgan fingerprint density at radius 2 is 1.24 bits per heavy atom. The Morgan fingerprint density at radius 3 is 1.73 bits per heavy atom. The largest absolute Gasteiger partial charge is 0.744 e. The standard InChI is InChI=1S/C55H78N6O19S2.2Ni/c1-54(2)38-30-36(81-80-76)22-24-40(38)60(28-13-5-7-20-46(62)56-26-11-9-16-42(52(72)73)58(32-48(64)65)33-49(66)67)44(54)18-15-19-45-55(3,4)39-31-37(82(77,78)79)23-25-41(39)61(45)29-14-6-8-21-47(63)57-27-12-10-17-43(53(74)75)59(34-50(68)69)35-51(70)71;;/h15,18-19,22-25,30-31,42-43,45,76H,5-14,16-17,20-21,26-29,32-35H2,1-4H3,(H,56,62)(H,57,63)(H,64,65)(H,66,67)(H,68,69)(H,70,71)(H,72,73)(H,74,75)(H,77,78,79);;/p-2/b19-15+,44-18+;;. The molecule has 29 heteroatoms. The summed E-state index contributed by atoms with van der Waals surface area (Å²) in [6.45, 7) is 6.64. The first-order valence-corrected chi connectivity index (χ1v) is 29.3. The fourth-order valence-electron chi connectivity index (χ4n) is 10.9. The van der Waals surface area contributed by atoms with E-state index in [1.807, 2.05) is 38.1 Å². The zero-order valence-corrected chi connectivity index (χ0v) is 50.8. The van der Waals surface area contributed by atoms with Crippen LogP contribution < -0.4 is 30.8 Å². The number of hydrogen-bond donors (Lipinski definition) is 8. The van der Waals surface area contributed by atoms with Gasteiger partial charge >= 0.3 is 29.8 Å². The molecule has 4 atom stereocenters. The van der Waals surface area contributed by atoms with Crippen LogP contribution in [0.1, 0.15) is 129 Å². The number of hydrogen-bond acceptors (Lipinski definition) is 18. The van der Waals surface area contributed by atoms with E-state index in [0.717, 1.165) is 37.3 Å². The summed E-state index contributed by atoms with van der Waals surface area (Å²) >= 11 is 0.704. The fourth-order valence-corrected chi connectivity index (χ4v) is 11.8. The van der Waals surface area contributed by atoms with Gasteiger partial charge in [0.1, 0.15) is 33.9 Å². The number of anilines is 1. The van der Waals surface area contributed by atoms with Crippen LogP contribution >= 0.6 is 12.0 Å². The van der Waals surface area contributed by atoms with Crippen LogP contribution in [0.3, 0.4) is 0 Å². The van der Waals surface area contributed by atoms with E-state index in [2.05, 4.69) is 39.8 Å². The Kier molecular flexibility index (Phi) is 31.3. The first-order chi connectivity index (χ1) is 38.6. The summed E-state index contributed by atoms with van der Waals surface area (Å²) in [7, 11) is -4.77. The van der Waals surface area contributed by atoms with Gasteiger partial charge in [-0.3, -0.25) is 48.3 Å². The third-order valence-corrected chi connectivity index (χ3v) is 16.3. The first kappa shape index (κ1) is 74.6. The second-order valence-electron chi connectivity index (χ2n) is 21.6. The van der Waals surface area contributed by atoms with E-state index < -0.39 is 95.0 Å². The summed E-state index contributed by atoms with van der Waals surface area (Å²) in [4.78, 5) is 99.2. The van der Waals surface area contributed by atoms with Gasteiger partial charge in [0.15, 0.2) is 0 Å². The van der Waals surface area contributed by atoms with E-state index in [0.29, 0.717) is 93.4 Å². The van der Waals surface area contributed by atoms with E-state index in [9.17, 15) is 71.9 Å². The molecule has 0 saturated heterocycles. The van der Waals surface area contributed by atoms with Gasteiger partial charge in [0.05, 0.1) is 42.5 Å². The Morgan fingerprint density at radius 1 is 0.714 bits per heavy atom. The van der Waals surface area contributed by atoms with Crippen molar-refractivity contribution in [2.75, 3.05) is 57.3 Å². The Balaban J connectivity index is 0.0000120. The molecule has 0 radical (unpaired) electrons. The molecule has 2 aromatic rings. The molecule has 4 unspecified atom stereocenters. The van der Waals surface area contributed by atoms with Gasteiger partial charge < -0.3 is 65.1 Å². The number of nitrogens with zero attached hydrogens (tertiary/aromatic N) is 3. The molecule has 25 nitrogen and oxygen atoms in total. The summed E-state index contributed by atoms with van der Waals surface area (Å²) < 4.78 is 40.8. The van der Waals surface area contributed by atoms with Crippen LogP contribution in [0.5, 0.6) is 0 Å². The van der Waals surface area contributed by atoms with Crippen molar-refractivity contribution in [3.63, 3.8) is 0 Å². The minimum atomic E-state index is -4.77. The summed E-state index contributed by atoms with van der Waals surface area (Å²) in [5.41, 5.74) is 3.18. The predicted molar refractivity (Wildman–Crippen MR) is 292 cm³/mol. The minimum Gasteiger partial charge on any atom is -0.744 e. The van der Waals surface area contributed by atoms with E-state index >= 15 is 0 Å². The molecule has 84 heavy (non-hydrogen) atoms. The summed E-state index contributed by atoms with van der Waals surface area (Å²) in [5.74, 6) is -8.82. The van der Waals surface area contributed by atoms with Gasteiger partial charge in [-0.25, -0.2) is 8.42 Å². The first-order valence-electron chi connectivity index (χ1n) is 27.2. The zero-order chi connectivity index (χ0) is 61.0. The molecule has 0 bridgehead atoms. The van der Waals surface area contributed by atoms with Crippen LogP contribution in [-0.4, -0.2) is 166 Å². The number of carbonyl (C=O) groups excluding carboxylic acids is 3. The van der Waals surface area contributed by atoms with Crippen LogP contribution in [0.25, 0.3) is 0 Å². The van der Waals surface area contributed by atoms with Gasteiger partial charge in [0, 0.05) is 117 Å². The van der Waals surface area contributed by atoms with E-state index in [4.69, 9.17) is 15.3 Å². The van der Waals surface area contributed by atoms with E-state index in [1.54, 1.807) is 12.1 Å². The topological polar surface area (TPSA) is 388 Å². The summed E-state index contributed by atoms with van der Waals surface area (Å²) in [5, 5.41) is 74.6. The van der Waals surface area contributed by atoms with Crippen molar-refractivity contribution < 1.29 is 129 Å². The molecule has 2 aromatic carbocycles. The van der Waals surface area contributed by atoms with Crippen LogP contribution in [-0.2, 0) is 96.6 Å². The van der Waals surface area contributed by atoms with Gasteiger partial charge in [-0.2, -0.15) is 0 Å². The Hall–Kier alpha value is -5.47. The number of carbonyl (C=O) groups is 8. The average Bonchev–Trinajstić information content (AvgIpc) is 2.41. The maximum atomic E-state index is 12.8. The number of allylic oxidation sites excluding steroid dienone is 3. The van der Waals surface area contributed by atoms with Gasteiger partial charge in [-0.1, -0.05) is 26.3 Å². The number of quaternary nitrogens is 1. The maximum absolute atomic E-state index is 12.8. The van der Waals surface area contributed by atoms with Crippen LogP contribution in [0.2, 0.25) is 0 Å². The normalized spacial score (nSPS) is 17.0. The second kappa shape index (κ2) is 35.2. The minimum absolute atomic E-state index is 0. The zero-order valence-electron chi connectivity index (χ0n) is 47.2. The van der Waals surface area contributed by atoms with Crippen molar-refractivity contribution in [1.29, 1.82) is 0 Å².